The number of anilines is 1. The molecule has 2 aliphatic rings. The summed E-state index contributed by atoms with van der Waals surface area (Å²) in [5.74, 6) is 4.25. The normalized spacial score (nSPS) is 18.3. The van der Waals surface area contributed by atoms with Gasteiger partial charge in [-0.2, -0.15) is 4.52 Å². The number of hydrogen-bond acceptors (Lipinski definition) is 7. The summed E-state index contributed by atoms with van der Waals surface area (Å²) in [6.07, 6.45) is 6.41. The van der Waals surface area contributed by atoms with Gasteiger partial charge >= 0.3 is 0 Å². The molecule has 0 unspecified atom stereocenters. The molecule has 1 aliphatic heterocycles. The average molecular weight is 367 g/mol. The van der Waals surface area contributed by atoms with E-state index in [1.54, 1.807) is 0 Å². The molecule has 2 fully saturated rings. The highest BCUT2D eigenvalue weighted by atomic mass is 16.4. The van der Waals surface area contributed by atoms with Gasteiger partial charge in [-0.1, -0.05) is 6.42 Å². The molecule has 0 spiro atoms. The van der Waals surface area contributed by atoms with Gasteiger partial charge in [-0.3, -0.25) is 4.90 Å². The van der Waals surface area contributed by atoms with Gasteiger partial charge in [-0.15, -0.1) is 15.3 Å². The summed E-state index contributed by atoms with van der Waals surface area (Å²) in [6, 6.07) is 4.63. The van der Waals surface area contributed by atoms with E-state index in [9.17, 15) is 0 Å². The van der Waals surface area contributed by atoms with E-state index < -0.39 is 0 Å². The van der Waals surface area contributed by atoms with E-state index >= 15 is 0 Å². The predicted molar refractivity (Wildman–Crippen MR) is 101 cm³/mol. The van der Waals surface area contributed by atoms with Crippen LogP contribution in [0.2, 0.25) is 0 Å². The van der Waals surface area contributed by atoms with Crippen LogP contribution in [-0.2, 0) is 6.42 Å². The van der Waals surface area contributed by atoms with Gasteiger partial charge in [-0.25, -0.2) is 4.98 Å². The van der Waals surface area contributed by atoms with Crippen molar-refractivity contribution in [2.75, 3.05) is 31.6 Å². The van der Waals surface area contributed by atoms with E-state index in [1.165, 1.54) is 19.3 Å². The molecule has 0 N–H and O–H groups in total. The Bertz CT molecular complexity index is 939. The van der Waals surface area contributed by atoms with Crippen LogP contribution in [0, 0.1) is 6.92 Å². The van der Waals surface area contributed by atoms with Crippen molar-refractivity contribution in [2.45, 2.75) is 44.6 Å². The van der Waals surface area contributed by atoms with E-state index in [0.29, 0.717) is 12.0 Å². The van der Waals surface area contributed by atoms with Gasteiger partial charge in [0.05, 0.1) is 6.20 Å². The van der Waals surface area contributed by atoms with Crippen LogP contribution in [0.3, 0.4) is 0 Å². The number of fused-ring (bicyclic) bond motifs is 1. The van der Waals surface area contributed by atoms with Crippen LogP contribution in [-0.4, -0.2) is 62.4 Å². The Hall–Kier alpha value is -2.48. The standard InChI is InChI=1S/C19H25N7O/c1-13-20-10-16(27-13)8-9-24(2)15-11-25(12-15)18-7-6-17-21-22-19(26(17)23-18)14-4-3-5-14/h6-7,10,14-15H,3-5,8-9,11-12H2,1-2H3. The zero-order valence-corrected chi connectivity index (χ0v) is 15.9. The molecule has 142 valence electrons. The molecule has 1 saturated heterocycles. The van der Waals surface area contributed by atoms with E-state index in [-0.39, 0.29) is 0 Å². The minimum absolute atomic E-state index is 0.526. The van der Waals surface area contributed by atoms with E-state index in [0.717, 1.165) is 55.0 Å². The maximum atomic E-state index is 5.56. The van der Waals surface area contributed by atoms with Gasteiger partial charge in [-0.05, 0) is 32.0 Å². The molecular formula is C19H25N7O. The van der Waals surface area contributed by atoms with Crippen molar-refractivity contribution in [3.8, 4) is 0 Å². The Labute approximate surface area is 158 Å². The molecule has 0 radical (unpaired) electrons. The Morgan fingerprint density at radius 2 is 2.07 bits per heavy atom. The summed E-state index contributed by atoms with van der Waals surface area (Å²) in [4.78, 5) is 8.88. The molecule has 1 saturated carbocycles. The molecule has 0 bridgehead atoms. The van der Waals surface area contributed by atoms with Crippen molar-refractivity contribution in [2.24, 2.45) is 0 Å². The van der Waals surface area contributed by atoms with Crippen molar-refractivity contribution >= 4 is 11.5 Å². The molecule has 5 rings (SSSR count). The lowest BCUT2D eigenvalue weighted by Gasteiger charge is -2.44. The third kappa shape index (κ3) is 3.07. The Kier molecular flexibility index (Phi) is 4.07. The maximum absolute atomic E-state index is 5.56. The number of rotatable bonds is 6. The zero-order chi connectivity index (χ0) is 18.4. The summed E-state index contributed by atoms with van der Waals surface area (Å²) in [5, 5.41) is 13.5. The molecule has 0 amide bonds. The fraction of sp³-hybridized carbons (Fsp3) is 0.579. The summed E-state index contributed by atoms with van der Waals surface area (Å²) in [5.41, 5.74) is 0.845. The monoisotopic (exact) mass is 367 g/mol. The van der Waals surface area contributed by atoms with Gasteiger partial charge in [0.2, 0.25) is 0 Å². The highest BCUT2D eigenvalue weighted by Gasteiger charge is 2.32. The quantitative estimate of drug-likeness (QED) is 0.660. The number of hydrogen-bond donors (Lipinski definition) is 0. The molecule has 27 heavy (non-hydrogen) atoms. The second kappa shape index (κ2) is 6.60. The molecule has 4 heterocycles. The zero-order valence-electron chi connectivity index (χ0n) is 15.9. The van der Waals surface area contributed by atoms with Crippen LogP contribution in [0.5, 0.6) is 0 Å². The van der Waals surface area contributed by atoms with Crippen LogP contribution in [0.25, 0.3) is 5.65 Å². The lowest BCUT2D eigenvalue weighted by Crippen LogP contribution is -2.59. The number of aryl methyl sites for hydroxylation is 1. The lowest BCUT2D eigenvalue weighted by atomic mass is 9.85. The van der Waals surface area contributed by atoms with E-state index in [1.807, 2.05) is 23.7 Å². The minimum Gasteiger partial charge on any atom is -0.446 e. The van der Waals surface area contributed by atoms with E-state index in [2.05, 4.69) is 38.1 Å². The summed E-state index contributed by atoms with van der Waals surface area (Å²) in [7, 11) is 2.18. The predicted octanol–water partition coefficient (Wildman–Crippen LogP) is 2.05. The average Bonchev–Trinajstić information content (AvgIpc) is 3.17. The van der Waals surface area contributed by atoms with Gasteiger partial charge in [0.15, 0.2) is 17.4 Å². The van der Waals surface area contributed by atoms with Gasteiger partial charge in [0, 0.05) is 44.9 Å². The molecule has 8 heteroatoms. The number of nitrogens with zero attached hydrogens (tertiary/aromatic N) is 7. The van der Waals surface area contributed by atoms with Crippen LogP contribution in [0.4, 0.5) is 5.82 Å². The van der Waals surface area contributed by atoms with Crippen LogP contribution >= 0.6 is 0 Å². The molecular weight excluding hydrogens is 342 g/mol. The molecule has 0 aromatic carbocycles. The van der Waals surface area contributed by atoms with E-state index in [4.69, 9.17) is 9.52 Å². The summed E-state index contributed by atoms with van der Waals surface area (Å²) >= 11 is 0. The second-order valence-corrected chi connectivity index (χ2v) is 7.78. The molecule has 0 atom stereocenters. The Morgan fingerprint density at radius 1 is 1.22 bits per heavy atom. The summed E-state index contributed by atoms with van der Waals surface area (Å²) in [6.45, 7) is 4.83. The van der Waals surface area contributed by atoms with Crippen LogP contribution < -0.4 is 4.90 Å². The molecule has 8 nitrogen and oxygen atoms in total. The molecule has 3 aromatic rings. The minimum atomic E-state index is 0.526. The number of oxazole rings is 1. The number of likely N-dealkylation sites (N-methyl/N-ethyl adjacent to an activating group) is 1. The Morgan fingerprint density at radius 3 is 2.78 bits per heavy atom. The summed E-state index contributed by atoms with van der Waals surface area (Å²) < 4.78 is 7.51. The first-order valence-electron chi connectivity index (χ1n) is 9.76. The Balaban J connectivity index is 1.21. The van der Waals surface area contributed by atoms with Crippen molar-refractivity contribution in [3.05, 3.63) is 35.8 Å². The third-order valence-electron chi connectivity index (χ3n) is 5.93. The fourth-order valence-corrected chi connectivity index (χ4v) is 3.80. The first-order chi connectivity index (χ1) is 13.2. The second-order valence-electron chi connectivity index (χ2n) is 7.78. The number of aromatic nitrogens is 5. The largest absolute Gasteiger partial charge is 0.446 e. The van der Waals surface area contributed by atoms with Crippen LogP contribution in [0.1, 0.15) is 42.7 Å². The van der Waals surface area contributed by atoms with Gasteiger partial charge in [0.25, 0.3) is 0 Å². The van der Waals surface area contributed by atoms with Crippen molar-refractivity contribution in [1.82, 2.24) is 29.7 Å². The van der Waals surface area contributed by atoms with Crippen molar-refractivity contribution in [1.29, 1.82) is 0 Å². The van der Waals surface area contributed by atoms with Crippen molar-refractivity contribution < 1.29 is 4.42 Å². The lowest BCUT2D eigenvalue weighted by molar-refractivity contribution is 0.202. The topological polar surface area (TPSA) is 75.6 Å². The van der Waals surface area contributed by atoms with Gasteiger partial charge < -0.3 is 9.32 Å². The molecule has 3 aromatic heterocycles. The smallest absolute Gasteiger partial charge is 0.191 e. The highest BCUT2D eigenvalue weighted by molar-refractivity contribution is 5.48. The van der Waals surface area contributed by atoms with Crippen molar-refractivity contribution in [3.63, 3.8) is 0 Å². The van der Waals surface area contributed by atoms with Crippen LogP contribution in [0.15, 0.2) is 22.7 Å². The third-order valence-corrected chi connectivity index (χ3v) is 5.93. The molecule has 1 aliphatic carbocycles. The highest BCUT2D eigenvalue weighted by Crippen LogP contribution is 2.35. The first kappa shape index (κ1) is 16.7. The SMILES string of the molecule is Cc1ncc(CCN(C)C2CN(c3ccc4nnc(C5CCC5)n4n3)C2)o1. The first-order valence-corrected chi connectivity index (χ1v) is 9.76. The maximum Gasteiger partial charge on any atom is 0.191 e. The fourth-order valence-electron chi connectivity index (χ4n) is 3.80. The van der Waals surface area contributed by atoms with Gasteiger partial charge in [0.1, 0.15) is 11.6 Å².